The van der Waals surface area contributed by atoms with Crippen LogP contribution in [-0.2, 0) is 11.8 Å². The average molecular weight is 421 g/mol. The van der Waals surface area contributed by atoms with Crippen molar-refractivity contribution < 1.29 is 4.39 Å². The quantitative estimate of drug-likeness (QED) is 0.541. The second-order valence-corrected chi connectivity index (χ2v) is 6.35. The van der Waals surface area contributed by atoms with Crippen LogP contribution in [0, 0.1) is 5.82 Å². The fraction of sp³-hybridized carbons (Fsp3) is 0.250. The molecule has 0 amide bonds. The largest absolute Gasteiger partial charge is 0.207 e. The molecular formula is C16H14Br2ClF. The third-order valence-corrected chi connectivity index (χ3v) is 5.94. The molecule has 106 valence electrons. The lowest BCUT2D eigenvalue weighted by Crippen LogP contribution is -2.33. The minimum Gasteiger partial charge on any atom is -0.207 e. The molecule has 0 nitrogen and oxygen atoms in total. The Balaban J connectivity index is 2.39. The van der Waals surface area contributed by atoms with Crippen LogP contribution in [-0.4, -0.2) is 10.7 Å². The number of rotatable bonds is 5. The summed E-state index contributed by atoms with van der Waals surface area (Å²) < 4.78 is 13.2. The summed E-state index contributed by atoms with van der Waals surface area (Å²) in [4.78, 5) is 0. The van der Waals surface area contributed by atoms with E-state index in [4.69, 9.17) is 11.6 Å². The first-order valence-electron chi connectivity index (χ1n) is 6.23. The third-order valence-electron chi connectivity index (χ3n) is 3.44. The summed E-state index contributed by atoms with van der Waals surface area (Å²) in [7, 11) is 0. The highest BCUT2D eigenvalue weighted by atomic mass is 79.9. The van der Waals surface area contributed by atoms with Gasteiger partial charge in [0.25, 0.3) is 0 Å². The Hall–Kier alpha value is -0.380. The Morgan fingerprint density at radius 1 is 1.00 bits per heavy atom. The predicted octanol–water partition coefficient (Wildman–Crippen LogP) is 5.75. The molecule has 0 heterocycles. The van der Waals surface area contributed by atoms with Crippen LogP contribution in [0.3, 0.4) is 0 Å². The normalized spacial score (nSPS) is 11.6. The lowest BCUT2D eigenvalue weighted by Gasteiger charge is -2.31. The van der Waals surface area contributed by atoms with Gasteiger partial charge in [-0.25, -0.2) is 4.39 Å². The second kappa shape index (κ2) is 7.06. The number of halogens is 4. The molecule has 0 aliphatic heterocycles. The summed E-state index contributed by atoms with van der Waals surface area (Å²) in [6.45, 7) is 0. The third kappa shape index (κ3) is 3.44. The maximum atomic E-state index is 13.2. The molecule has 4 heteroatoms. The first-order valence-corrected chi connectivity index (χ1v) is 8.85. The minimum absolute atomic E-state index is 0.108. The lowest BCUT2D eigenvalue weighted by molar-refractivity contribution is 0.549. The van der Waals surface area contributed by atoms with Crippen LogP contribution in [0.4, 0.5) is 4.39 Å². The molecule has 20 heavy (non-hydrogen) atoms. The van der Waals surface area contributed by atoms with E-state index in [0.717, 1.165) is 22.6 Å². The molecular weight excluding hydrogens is 406 g/mol. The molecule has 0 aliphatic rings. The van der Waals surface area contributed by atoms with Crippen LogP contribution >= 0.6 is 43.5 Å². The van der Waals surface area contributed by atoms with Gasteiger partial charge in [-0.1, -0.05) is 79.9 Å². The van der Waals surface area contributed by atoms with Crippen LogP contribution in [0.15, 0.2) is 48.5 Å². The van der Waals surface area contributed by atoms with Crippen molar-refractivity contribution in [3.8, 4) is 0 Å². The number of alkyl halides is 2. The Kier molecular flexibility index (Phi) is 5.65. The molecule has 0 N–H and O–H groups in total. The van der Waals surface area contributed by atoms with Crippen LogP contribution in [0.25, 0.3) is 0 Å². The molecule has 0 spiro atoms. The summed E-state index contributed by atoms with van der Waals surface area (Å²) >= 11 is 13.4. The molecule has 0 atom stereocenters. The molecule has 2 aromatic rings. The zero-order valence-electron chi connectivity index (χ0n) is 10.8. The van der Waals surface area contributed by atoms with E-state index in [1.807, 2.05) is 18.2 Å². The van der Waals surface area contributed by atoms with E-state index in [0.29, 0.717) is 5.02 Å². The average Bonchev–Trinajstić information content (AvgIpc) is 2.48. The van der Waals surface area contributed by atoms with Gasteiger partial charge < -0.3 is 0 Å². The van der Waals surface area contributed by atoms with E-state index in [1.54, 1.807) is 6.07 Å². The zero-order valence-corrected chi connectivity index (χ0v) is 14.7. The Morgan fingerprint density at radius 3 is 2.20 bits per heavy atom. The fourth-order valence-electron chi connectivity index (χ4n) is 2.21. The molecule has 0 aliphatic carbocycles. The number of benzene rings is 2. The molecule has 0 radical (unpaired) electrons. The van der Waals surface area contributed by atoms with Crippen molar-refractivity contribution in [3.05, 3.63) is 70.5 Å². The summed E-state index contributed by atoms with van der Waals surface area (Å²) in [5.41, 5.74) is 2.08. The Morgan fingerprint density at radius 2 is 1.65 bits per heavy atom. The van der Waals surface area contributed by atoms with Crippen molar-refractivity contribution in [2.45, 2.75) is 11.8 Å². The van der Waals surface area contributed by atoms with Gasteiger partial charge in [-0.05, 0) is 29.7 Å². The highest BCUT2D eigenvalue weighted by molar-refractivity contribution is 9.09. The first-order chi connectivity index (χ1) is 9.61. The fourth-order valence-corrected chi connectivity index (χ4v) is 4.41. The molecule has 0 bridgehead atoms. The summed E-state index contributed by atoms with van der Waals surface area (Å²) in [5.74, 6) is -0.304. The molecule has 0 unspecified atom stereocenters. The summed E-state index contributed by atoms with van der Waals surface area (Å²) in [6.07, 6.45) is 0.743. The van der Waals surface area contributed by atoms with Gasteiger partial charge in [0, 0.05) is 21.1 Å². The van der Waals surface area contributed by atoms with Crippen molar-refractivity contribution in [2.24, 2.45) is 0 Å². The molecule has 0 aromatic heterocycles. The smallest absolute Gasteiger partial charge is 0.124 e. The Labute approximate surface area is 140 Å². The van der Waals surface area contributed by atoms with Crippen molar-refractivity contribution in [1.82, 2.24) is 0 Å². The van der Waals surface area contributed by atoms with Crippen molar-refractivity contribution in [1.29, 1.82) is 0 Å². The second-order valence-electron chi connectivity index (χ2n) is 4.83. The Bertz CT molecular complexity index is 568. The van der Waals surface area contributed by atoms with Gasteiger partial charge in [-0.2, -0.15) is 0 Å². The first kappa shape index (κ1) is 16.0. The SMILES string of the molecule is Fc1ccc(CC(CBr)(CBr)c2ccccc2)c(Cl)c1. The topological polar surface area (TPSA) is 0 Å². The van der Waals surface area contributed by atoms with Crippen LogP contribution in [0.5, 0.6) is 0 Å². The van der Waals surface area contributed by atoms with Gasteiger partial charge in [0.15, 0.2) is 0 Å². The van der Waals surface area contributed by atoms with Gasteiger partial charge >= 0.3 is 0 Å². The maximum Gasteiger partial charge on any atom is 0.124 e. The van der Waals surface area contributed by atoms with Gasteiger partial charge in [0.05, 0.1) is 0 Å². The minimum atomic E-state index is -0.304. The molecule has 0 saturated carbocycles. The monoisotopic (exact) mass is 418 g/mol. The standard InChI is InChI=1S/C16H14Br2ClF/c17-10-16(11-18,13-4-2-1-3-5-13)9-12-6-7-14(20)8-15(12)19/h1-8H,9-11H2. The van der Waals surface area contributed by atoms with Gasteiger partial charge in [0.1, 0.15) is 5.82 Å². The highest BCUT2D eigenvalue weighted by Gasteiger charge is 2.31. The van der Waals surface area contributed by atoms with E-state index in [-0.39, 0.29) is 11.2 Å². The van der Waals surface area contributed by atoms with Crippen LogP contribution in [0.1, 0.15) is 11.1 Å². The van der Waals surface area contributed by atoms with E-state index in [1.165, 1.54) is 17.7 Å². The highest BCUT2D eigenvalue weighted by Crippen LogP contribution is 2.34. The maximum absolute atomic E-state index is 13.2. The predicted molar refractivity (Wildman–Crippen MR) is 90.8 cm³/mol. The van der Waals surface area contributed by atoms with Gasteiger partial charge in [-0.15, -0.1) is 0 Å². The molecule has 2 aromatic carbocycles. The summed E-state index contributed by atoms with van der Waals surface area (Å²) in [5, 5.41) is 2.07. The molecule has 0 saturated heterocycles. The number of hydrogen-bond donors (Lipinski definition) is 0. The molecule has 0 fully saturated rings. The van der Waals surface area contributed by atoms with Crippen molar-refractivity contribution in [3.63, 3.8) is 0 Å². The van der Waals surface area contributed by atoms with Crippen molar-refractivity contribution in [2.75, 3.05) is 10.7 Å². The zero-order chi connectivity index (χ0) is 14.6. The van der Waals surface area contributed by atoms with Crippen LogP contribution in [0.2, 0.25) is 5.02 Å². The molecule has 2 rings (SSSR count). The van der Waals surface area contributed by atoms with E-state index < -0.39 is 0 Å². The van der Waals surface area contributed by atoms with Gasteiger partial charge in [0.2, 0.25) is 0 Å². The lowest BCUT2D eigenvalue weighted by atomic mass is 9.79. The van der Waals surface area contributed by atoms with E-state index in [9.17, 15) is 4.39 Å². The van der Waals surface area contributed by atoms with Gasteiger partial charge in [-0.3, -0.25) is 0 Å². The van der Waals surface area contributed by atoms with Crippen molar-refractivity contribution >= 4 is 43.5 Å². The van der Waals surface area contributed by atoms with E-state index >= 15 is 0 Å². The number of hydrogen-bond acceptors (Lipinski definition) is 0. The summed E-state index contributed by atoms with van der Waals surface area (Å²) in [6, 6.07) is 14.9. The van der Waals surface area contributed by atoms with E-state index in [2.05, 4.69) is 44.0 Å². The van der Waals surface area contributed by atoms with Crippen LogP contribution < -0.4 is 0 Å².